The van der Waals surface area contributed by atoms with E-state index in [1.165, 1.54) is 44.9 Å². The Morgan fingerprint density at radius 2 is 1.44 bits per heavy atom. The predicted octanol–water partition coefficient (Wildman–Crippen LogP) is 3.98. The lowest BCUT2D eigenvalue weighted by atomic mass is 9.77. The number of nitrogens with one attached hydrogen (secondary N) is 1. The molecule has 1 atom stereocenters. The topological polar surface area (TPSA) is 12.0 Å². The lowest BCUT2D eigenvalue weighted by Crippen LogP contribution is -2.44. The maximum Gasteiger partial charge on any atom is 0.00698 e. The van der Waals surface area contributed by atoms with E-state index in [4.69, 9.17) is 0 Å². The van der Waals surface area contributed by atoms with E-state index in [1.807, 2.05) is 0 Å². The molecular weight excluding hydrogens is 194 g/mol. The Labute approximate surface area is 101 Å². The van der Waals surface area contributed by atoms with Crippen LogP contribution in [0.5, 0.6) is 0 Å². The van der Waals surface area contributed by atoms with Crippen molar-refractivity contribution in [1.29, 1.82) is 0 Å². The molecule has 16 heavy (non-hydrogen) atoms. The standard InChI is InChI=1S/C15H29N/c1-11(2)13-7-9-15(10-8-13)16-12(3)14-5-4-6-14/h11-16H,4-10H2,1-3H3. The van der Waals surface area contributed by atoms with Crippen molar-refractivity contribution in [3.8, 4) is 0 Å². The molecule has 0 aromatic heterocycles. The fourth-order valence-electron chi connectivity index (χ4n) is 3.40. The van der Waals surface area contributed by atoms with Crippen molar-refractivity contribution in [2.45, 2.75) is 77.8 Å². The van der Waals surface area contributed by atoms with Crippen LogP contribution in [0.15, 0.2) is 0 Å². The van der Waals surface area contributed by atoms with Crippen molar-refractivity contribution in [3.05, 3.63) is 0 Å². The summed E-state index contributed by atoms with van der Waals surface area (Å²) in [6.45, 7) is 7.17. The molecule has 2 rings (SSSR count). The molecule has 0 amide bonds. The Hall–Kier alpha value is -0.0400. The van der Waals surface area contributed by atoms with Crippen molar-refractivity contribution < 1.29 is 0 Å². The van der Waals surface area contributed by atoms with Gasteiger partial charge in [-0.15, -0.1) is 0 Å². The van der Waals surface area contributed by atoms with E-state index in [1.54, 1.807) is 0 Å². The highest BCUT2D eigenvalue weighted by Crippen LogP contribution is 2.33. The van der Waals surface area contributed by atoms with Gasteiger partial charge in [-0.3, -0.25) is 0 Å². The van der Waals surface area contributed by atoms with E-state index in [0.29, 0.717) is 0 Å². The van der Waals surface area contributed by atoms with Gasteiger partial charge in [0.25, 0.3) is 0 Å². The normalized spacial score (nSPS) is 33.8. The second-order valence-electron chi connectivity index (χ2n) is 6.50. The largest absolute Gasteiger partial charge is 0.311 e. The van der Waals surface area contributed by atoms with E-state index in [2.05, 4.69) is 26.1 Å². The molecule has 2 saturated carbocycles. The summed E-state index contributed by atoms with van der Waals surface area (Å²) in [4.78, 5) is 0. The fourth-order valence-corrected chi connectivity index (χ4v) is 3.40. The molecule has 0 aromatic rings. The van der Waals surface area contributed by atoms with Crippen molar-refractivity contribution in [2.75, 3.05) is 0 Å². The van der Waals surface area contributed by atoms with Crippen molar-refractivity contribution in [3.63, 3.8) is 0 Å². The van der Waals surface area contributed by atoms with Gasteiger partial charge in [-0.05, 0) is 63.2 Å². The maximum atomic E-state index is 3.88. The van der Waals surface area contributed by atoms with Crippen LogP contribution in [0, 0.1) is 17.8 Å². The van der Waals surface area contributed by atoms with Crippen LogP contribution in [0.25, 0.3) is 0 Å². The maximum absolute atomic E-state index is 3.88. The molecule has 0 heterocycles. The molecule has 2 aliphatic carbocycles. The molecule has 2 fully saturated rings. The van der Waals surface area contributed by atoms with E-state index in [0.717, 1.165) is 29.8 Å². The third-order valence-corrected chi connectivity index (χ3v) is 5.07. The molecule has 1 unspecified atom stereocenters. The van der Waals surface area contributed by atoms with Gasteiger partial charge in [-0.1, -0.05) is 20.3 Å². The minimum absolute atomic E-state index is 0.773. The van der Waals surface area contributed by atoms with Gasteiger partial charge in [0, 0.05) is 12.1 Å². The van der Waals surface area contributed by atoms with Gasteiger partial charge in [0.15, 0.2) is 0 Å². The summed E-state index contributed by atoms with van der Waals surface area (Å²) in [5, 5.41) is 3.88. The number of hydrogen-bond donors (Lipinski definition) is 1. The summed E-state index contributed by atoms with van der Waals surface area (Å²) in [5.74, 6) is 2.88. The third kappa shape index (κ3) is 3.00. The Morgan fingerprint density at radius 1 is 0.812 bits per heavy atom. The summed E-state index contributed by atoms with van der Waals surface area (Å²) < 4.78 is 0. The zero-order valence-electron chi connectivity index (χ0n) is 11.3. The molecule has 0 aromatic carbocycles. The molecule has 0 radical (unpaired) electrons. The first-order valence-corrected chi connectivity index (χ1v) is 7.43. The Morgan fingerprint density at radius 3 is 1.88 bits per heavy atom. The second kappa shape index (κ2) is 5.53. The van der Waals surface area contributed by atoms with Gasteiger partial charge in [-0.2, -0.15) is 0 Å². The zero-order chi connectivity index (χ0) is 11.5. The SMILES string of the molecule is CC(C)C1CCC(NC(C)C2CCC2)CC1. The molecule has 0 spiro atoms. The monoisotopic (exact) mass is 223 g/mol. The summed E-state index contributed by atoms with van der Waals surface area (Å²) in [7, 11) is 0. The molecule has 1 heteroatoms. The van der Waals surface area contributed by atoms with Crippen LogP contribution in [0.2, 0.25) is 0 Å². The molecule has 1 nitrogen and oxygen atoms in total. The first-order valence-electron chi connectivity index (χ1n) is 7.43. The highest BCUT2D eigenvalue weighted by atomic mass is 15.0. The summed E-state index contributed by atoms with van der Waals surface area (Å²) in [5.41, 5.74) is 0. The van der Waals surface area contributed by atoms with Crippen LogP contribution in [-0.2, 0) is 0 Å². The van der Waals surface area contributed by atoms with Gasteiger partial charge < -0.3 is 5.32 Å². The summed E-state index contributed by atoms with van der Waals surface area (Å²) in [6, 6.07) is 1.60. The molecule has 0 aliphatic heterocycles. The molecule has 2 aliphatic rings. The Balaban J connectivity index is 1.68. The summed E-state index contributed by atoms with van der Waals surface area (Å²) >= 11 is 0. The third-order valence-electron chi connectivity index (χ3n) is 5.07. The van der Waals surface area contributed by atoms with Crippen LogP contribution < -0.4 is 5.32 Å². The van der Waals surface area contributed by atoms with Crippen LogP contribution in [0.3, 0.4) is 0 Å². The minimum atomic E-state index is 0.773. The summed E-state index contributed by atoms with van der Waals surface area (Å²) in [6.07, 6.45) is 10.1. The zero-order valence-corrected chi connectivity index (χ0v) is 11.3. The molecule has 1 N–H and O–H groups in total. The quantitative estimate of drug-likeness (QED) is 0.760. The predicted molar refractivity (Wildman–Crippen MR) is 70.5 cm³/mol. The van der Waals surface area contributed by atoms with Gasteiger partial charge in [0.1, 0.15) is 0 Å². The first-order chi connectivity index (χ1) is 7.66. The smallest absolute Gasteiger partial charge is 0.00698 e. The van der Waals surface area contributed by atoms with Gasteiger partial charge in [0.2, 0.25) is 0 Å². The van der Waals surface area contributed by atoms with E-state index in [-0.39, 0.29) is 0 Å². The van der Waals surface area contributed by atoms with Crippen molar-refractivity contribution in [2.24, 2.45) is 17.8 Å². The van der Waals surface area contributed by atoms with Crippen LogP contribution in [-0.4, -0.2) is 12.1 Å². The highest BCUT2D eigenvalue weighted by molar-refractivity contribution is 4.85. The van der Waals surface area contributed by atoms with E-state index < -0.39 is 0 Å². The molecular formula is C15H29N. The molecule has 0 bridgehead atoms. The molecule has 94 valence electrons. The van der Waals surface area contributed by atoms with Gasteiger partial charge >= 0.3 is 0 Å². The Bertz CT molecular complexity index is 199. The number of rotatable bonds is 4. The highest BCUT2D eigenvalue weighted by Gasteiger charge is 2.28. The fraction of sp³-hybridized carbons (Fsp3) is 1.00. The minimum Gasteiger partial charge on any atom is -0.311 e. The van der Waals surface area contributed by atoms with Crippen molar-refractivity contribution >= 4 is 0 Å². The Kier molecular flexibility index (Phi) is 4.29. The van der Waals surface area contributed by atoms with Crippen LogP contribution in [0.4, 0.5) is 0 Å². The van der Waals surface area contributed by atoms with Gasteiger partial charge in [-0.25, -0.2) is 0 Å². The second-order valence-corrected chi connectivity index (χ2v) is 6.50. The molecule has 0 saturated heterocycles. The lowest BCUT2D eigenvalue weighted by molar-refractivity contribution is 0.186. The van der Waals surface area contributed by atoms with Crippen LogP contribution in [0.1, 0.15) is 65.7 Å². The average Bonchev–Trinajstić information content (AvgIpc) is 2.15. The van der Waals surface area contributed by atoms with E-state index in [9.17, 15) is 0 Å². The lowest BCUT2D eigenvalue weighted by Gasteiger charge is -2.37. The number of hydrogen-bond acceptors (Lipinski definition) is 1. The average molecular weight is 223 g/mol. The van der Waals surface area contributed by atoms with Crippen molar-refractivity contribution in [1.82, 2.24) is 5.32 Å². The van der Waals surface area contributed by atoms with Crippen LogP contribution >= 0.6 is 0 Å². The first kappa shape index (κ1) is 12.4. The van der Waals surface area contributed by atoms with Gasteiger partial charge in [0.05, 0.1) is 0 Å². The van der Waals surface area contributed by atoms with E-state index >= 15 is 0 Å².